The van der Waals surface area contributed by atoms with E-state index < -0.39 is 0 Å². The third-order valence-electron chi connectivity index (χ3n) is 3.35. The van der Waals surface area contributed by atoms with E-state index in [2.05, 4.69) is 28.9 Å². The minimum absolute atomic E-state index is 0.709. The fraction of sp³-hybridized carbons (Fsp3) is 0.615. The molecule has 0 atom stereocenters. The van der Waals surface area contributed by atoms with Crippen LogP contribution in [0.1, 0.15) is 25.3 Å². The van der Waals surface area contributed by atoms with Crippen LogP contribution in [0.5, 0.6) is 0 Å². The van der Waals surface area contributed by atoms with Crippen LogP contribution in [-0.2, 0) is 6.42 Å². The third kappa shape index (κ3) is 2.73. The maximum atomic E-state index is 5.57. The molecule has 0 saturated carbocycles. The van der Waals surface area contributed by atoms with Crippen LogP contribution in [0.15, 0.2) is 18.3 Å². The molecule has 0 aromatic carbocycles. The Morgan fingerprint density at radius 1 is 1.44 bits per heavy atom. The second-order valence-electron chi connectivity index (χ2n) is 4.73. The van der Waals surface area contributed by atoms with E-state index in [1.165, 1.54) is 18.4 Å². The second kappa shape index (κ2) is 5.30. The van der Waals surface area contributed by atoms with Crippen molar-refractivity contribution in [1.82, 2.24) is 4.98 Å². The van der Waals surface area contributed by atoms with Crippen molar-refractivity contribution in [3.8, 4) is 0 Å². The molecule has 1 fully saturated rings. The largest absolute Gasteiger partial charge is 0.357 e. The molecule has 0 aliphatic carbocycles. The lowest BCUT2D eigenvalue weighted by molar-refractivity contribution is 0.436. The Morgan fingerprint density at radius 3 is 2.88 bits per heavy atom. The summed E-state index contributed by atoms with van der Waals surface area (Å²) in [5.74, 6) is 1.99. The van der Waals surface area contributed by atoms with E-state index in [0.29, 0.717) is 6.54 Å². The van der Waals surface area contributed by atoms with Gasteiger partial charge in [0.05, 0.1) is 0 Å². The Balaban J connectivity index is 2.05. The zero-order valence-corrected chi connectivity index (χ0v) is 10.0. The van der Waals surface area contributed by atoms with Gasteiger partial charge in [-0.2, -0.15) is 0 Å². The lowest BCUT2D eigenvalue weighted by atomic mass is 9.99. The van der Waals surface area contributed by atoms with Gasteiger partial charge in [-0.1, -0.05) is 6.92 Å². The molecule has 0 unspecified atom stereocenters. The summed E-state index contributed by atoms with van der Waals surface area (Å²) in [4.78, 5) is 6.84. The molecule has 0 amide bonds. The van der Waals surface area contributed by atoms with E-state index in [4.69, 9.17) is 5.73 Å². The van der Waals surface area contributed by atoms with E-state index in [-0.39, 0.29) is 0 Å². The van der Waals surface area contributed by atoms with Gasteiger partial charge in [0.2, 0.25) is 0 Å². The molecule has 3 heteroatoms. The molecule has 1 aliphatic heterocycles. The molecular formula is C13H21N3. The van der Waals surface area contributed by atoms with Crippen LogP contribution in [0.2, 0.25) is 0 Å². The van der Waals surface area contributed by atoms with Crippen molar-refractivity contribution in [2.75, 3.05) is 24.5 Å². The molecule has 2 N–H and O–H groups in total. The van der Waals surface area contributed by atoms with Gasteiger partial charge in [0.15, 0.2) is 0 Å². The highest BCUT2D eigenvalue weighted by molar-refractivity contribution is 5.41. The summed E-state index contributed by atoms with van der Waals surface area (Å²) >= 11 is 0. The average Bonchev–Trinajstić information content (AvgIpc) is 2.31. The van der Waals surface area contributed by atoms with E-state index >= 15 is 0 Å². The third-order valence-corrected chi connectivity index (χ3v) is 3.35. The number of hydrogen-bond acceptors (Lipinski definition) is 3. The van der Waals surface area contributed by atoms with E-state index in [0.717, 1.165) is 31.2 Å². The van der Waals surface area contributed by atoms with Gasteiger partial charge in [-0.15, -0.1) is 0 Å². The quantitative estimate of drug-likeness (QED) is 0.843. The monoisotopic (exact) mass is 219 g/mol. The zero-order valence-electron chi connectivity index (χ0n) is 10.0. The first-order valence-corrected chi connectivity index (χ1v) is 6.19. The molecule has 3 nitrogen and oxygen atoms in total. The molecule has 88 valence electrons. The highest BCUT2D eigenvalue weighted by Gasteiger charge is 2.16. The van der Waals surface area contributed by atoms with Crippen LogP contribution in [0, 0.1) is 5.92 Å². The topological polar surface area (TPSA) is 42.1 Å². The van der Waals surface area contributed by atoms with Crippen LogP contribution >= 0.6 is 0 Å². The van der Waals surface area contributed by atoms with Gasteiger partial charge in [-0.05, 0) is 49.4 Å². The number of nitrogens with zero attached hydrogens (tertiary/aromatic N) is 2. The Labute approximate surface area is 97.7 Å². The molecule has 1 saturated heterocycles. The van der Waals surface area contributed by atoms with Gasteiger partial charge in [-0.25, -0.2) is 4.98 Å². The minimum atomic E-state index is 0.709. The first kappa shape index (κ1) is 11.4. The van der Waals surface area contributed by atoms with Crippen LogP contribution < -0.4 is 10.6 Å². The summed E-state index contributed by atoms with van der Waals surface area (Å²) in [6.45, 7) is 5.32. The normalized spacial score (nSPS) is 17.8. The smallest absolute Gasteiger partial charge is 0.128 e. The standard InChI is InChI=1S/C13H21N3/c1-11-4-8-16(9-5-11)13-10-12(2-6-14)3-7-15-13/h3,7,10-11H,2,4-6,8-9,14H2,1H3. The van der Waals surface area contributed by atoms with Crippen LogP contribution in [0.3, 0.4) is 0 Å². The van der Waals surface area contributed by atoms with Crippen molar-refractivity contribution >= 4 is 5.82 Å². The average molecular weight is 219 g/mol. The van der Waals surface area contributed by atoms with Crippen molar-refractivity contribution < 1.29 is 0 Å². The predicted molar refractivity (Wildman–Crippen MR) is 67.6 cm³/mol. The fourth-order valence-electron chi connectivity index (χ4n) is 2.19. The molecule has 0 spiro atoms. The number of rotatable bonds is 3. The number of aromatic nitrogens is 1. The molecule has 2 heterocycles. The van der Waals surface area contributed by atoms with Crippen LogP contribution in [0.4, 0.5) is 5.82 Å². The zero-order chi connectivity index (χ0) is 11.4. The van der Waals surface area contributed by atoms with Crippen molar-refractivity contribution in [2.45, 2.75) is 26.2 Å². The summed E-state index contributed by atoms with van der Waals surface area (Å²) in [5.41, 5.74) is 6.87. The highest BCUT2D eigenvalue weighted by Crippen LogP contribution is 2.21. The number of nitrogens with two attached hydrogens (primary N) is 1. The summed E-state index contributed by atoms with van der Waals surface area (Å²) < 4.78 is 0. The summed E-state index contributed by atoms with van der Waals surface area (Å²) in [5, 5.41) is 0. The molecule has 16 heavy (non-hydrogen) atoms. The van der Waals surface area contributed by atoms with Crippen LogP contribution in [0.25, 0.3) is 0 Å². The molecule has 1 aromatic heterocycles. The SMILES string of the molecule is CC1CCN(c2cc(CCN)ccn2)CC1. The number of piperidine rings is 1. The molecule has 1 aromatic rings. The van der Waals surface area contributed by atoms with E-state index in [1.807, 2.05) is 6.20 Å². The highest BCUT2D eigenvalue weighted by atomic mass is 15.2. The lowest BCUT2D eigenvalue weighted by Gasteiger charge is -2.31. The molecular weight excluding hydrogens is 198 g/mol. The fourth-order valence-corrected chi connectivity index (χ4v) is 2.19. The van der Waals surface area contributed by atoms with Gasteiger partial charge in [0.25, 0.3) is 0 Å². The predicted octanol–water partition coefficient (Wildman–Crippen LogP) is 1.82. The number of hydrogen-bond donors (Lipinski definition) is 1. The first-order valence-electron chi connectivity index (χ1n) is 6.19. The minimum Gasteiger partial charge on any atom is -0.357 e. The second-order valence-corrected chi connectivity index (χ2v) is 4.73. The van der Waals surface area contributed by atoms with Crippen molar-refractivity contribution in [2.24, 2.45) is 11.7 Å². The van der Waals surface area contributed by atoms with Gasteiger partial charge in [0.1, 0.15) is 5.82 Å². The Hall–Kier alpha value is -1.09. The van der Waals surface area contributed by atoms with E-state index in [1.54, 1.807) is 0 Å². The van der Waals surface area contributed by atoms with Crippen LogP contribution in [-0.4, -0.2) is 24.6 Å². The maximum absolute atomic E-state index is 5.57. The van der Waals surface area contributed by atoms with Crippen molar-refractivity contribution in [1.29, 1.82) is 0 Å². The summed E-state index contributed by atoms with van der Waals surface area (Å²) in [6.07, 6.45) is 5.41. The molecule has 0 radical (unpaired) electrons. The number of anilines is 1. The summed E-state index contributed by atoms with van der Waals surface area (Å²) in [6, 6.07) is 4.24. The van der Waals surface area contributed by atoms with Gasteiger partial charge < -0.3 is 10.6 Å². The Morgan fingerprint density at radius 2 is 2.19 bits per heavy atom. The Kier molecular flexibility index (Phi) is 3.78. The molecule has 1 aliphatic rings. The van der Waals surface area contributed by atoms with Gasteiger partial charge in [-0.3, -0.25) is 0 Å². The van der Waals surface area contributed by atoms with E-state index in [9.17, 15) is 0 Å². The lowest BCUT2D eigenvalue weighted by Crippen LogP contribution is -2.33. The van der Waals surface area contributed by atoms with Crippen molar-refractivity contribution in [3.63, 3.8) is 0 Å². The maximum Gasteiger partial charge on any atom is 0.128 e. The number of pyridine rings is 1. The molecule has 0 bridgehead atoms. The summed E-state index contributed by atoms with van der Waals surface area (Å²) in [7, 11) is 0. The van der Waals surface area contributed by atoms with Crippen molar-refractivity contribution in [3.05, 3.63) is 23.9 Å². The Bertz CT molecular complexity index is 330. The van der Waals surface area contributed by atoms with Gasteiger partial charge in [0, 0.05) is 19.3 Å². The van der Waals surface area contributed by atoms with Gasteiger partial charge >= 0.3 is 0 Å². The first-order chi connectivity index (χ1) is 7.79. The molecule has 2 rings (SSSR count).